The summed E-state index contributed by atoms with van der Waals surface area (Å²) >= 11 is 0. The molecule has 2 nitrogen and oxygen atoms in total. The van der Waals surface area contributed by atoms with Crippen LogP contribution in [0.1, 0.15) is 34.1 Å². The zero-order valence-electron chi connectivity index (χ0n) is 15.1. The third-order valence-corrected chi connectivity index (χ3v) is 10.8. The largest absolute Gasteiger partial charge is 0.367 e. The minimum atomic E-state index is -1.41. The number of para-hydroxylation sites is 1. The molecule has 3 rings (SSSR count). The Labute approximate surface area is 142 Å². The van der Waals surface area contributed by atoms with Gasteiger partial charge in [0.05, 0.1) is 0 Å². The minimum Gasteiger partial charge on any atom is -0.367 e. The summed E-state index contributed by atoms with van der Waals surface area (Å²) in [7, 11) is -1.41. The predicted octanol–water partition coefficient (Wildman–Crippen LogP) is 5.29. The average Bonchev–Trinajstić information content (AvgIpc) is 3.14. The van der Waals surface area contributed by atoms with E-state index in [9.17, 15) is 0 Å². The molecule has 1 aromatic carbocycles. The van der Waals surface area contributed by atoms with Gasteiger partial charge in [0.15, 0.2) is 8.24 Å². The highest BCUT2D eigenvalue weighted by Crippen LogP contribution is 2.39. The summed E-state index contributed by atoms with van der Waals surface area (Å²) in [5.74, 6) is 0.700. The van der Waals surface area contributed by atoms with Gasteiger partial charge in [-0.3, -0.25) is 0 Å². The summed E-state index contributed by atoms with van der Waals surface area (Å²) in [6, 6.07) is 14.7. The van der Waals surface area contributed by atoms with E-state index in [-0.39, 0.29) is 0 Å². The van der Waals surface area contributed by atoms with E-state index in [0.717, 1.165) is 13.1 Å². The summed E-state index contributed by atoms with van der Waals surface area (Å²) < 4.78 is 5.40. The fourth-order valence-electron chi connectivity index (χ4n) is 4.20. The fraction of sp³-hybridized carbons (Fsp3) is 0.550. The molecule has 2 aliphatic rings. The van der Waals surface area contributed by atoms with Crippen LogP contribution in [0.2, 0.25) is 18.1 Å². The molecular formula is C20H30N2Si. The molecule has 0 N–H and O–H groups in total. The van der Waals surface area contributed by atoms with Gasteiger partial charge >= 0.3 is 0 Å². The van der Waals surface area contributed by atoms with Crippen molar-refractivity contribution in [1.82, 2.24) is 0 Å². The summed E-state index contributed by atoms with van der Waals surface area (Å²) in [5, 5.41) is 0. The van der Waals surface area contributed by atoms with Gasteiger partial charge in [0.2, 0.25) is 0 Å². The molecule has 124 valence electrons. The van der Waals surface area contributed by atoms with Crippen molar-refractivity contribution < 1.29 is 0 Å². The molecule has 1 unspecified atom stereocenters. The first-order chi connectivity index (χ1) is 11.1. The number of rotatable bonds is 5. The maximum atomic E-state index is 5.40. The molecule has 1 aliphatic heterocycles. The maximum absolute atomic E-state index is 5.40. The van der Waals surface area contributed by atoms with Crippen LogP contribution in [0.25, 0.3) is 0 Å². The predicted molar refractivity (Wildman–Crippen MR) is 104 cm³/mol. The van der Waals surface area contributed by atoms with E-state index in [0.29, 0.717) is 5.92 Å². The number of nitrogens with zero attached hydrogens (tertiary/aromatic N) is 2. The Morgan fingerprint density at radius 3 is 2.30 bits per heavy atom. The Morgan fingerprint density at radius 2 is 1.74 bits per heavy atom. The molecule has 1 aromatic rings. The van der Waals surface area contributed by atoms with Gasteiger partial charge < -0.3 is 9.56 Å². The average molecular weight is 327 g/mol. The lowest BCUT2D eigenvalue weighted by molar-refractivity contribution is 0.725. The van der Waals surface area contributed by atoms with E-state index in [1.54, 1.807) is 5.57 Å². The van der Waals surface area contributed by atoms with Gasteiger partial charge in [-0.2, -0.15) is 0 Å². The number of fused-ring (bicyclic) bond motifs is 1. The van der Waals surface area contributed by atoms with Crippen molar-refractivity contribution in [3.8, 4) is 0 Å². The number of hydrogen-bond acceptors (Lipinski definition) is 2. The first-order valence-corrected chi connectivity index (χ1v) is 11.8. The van der Waals surface area contributed by atoms with Crippen LogP contribution in [0.15, 0.2) is 46.1 Å². The second-order valence-corrected chi connectivity index (χ2v) is 11.9. The third-order valence-electron chi connectivity index (χ3n) is 6.12. The number of benzene rings is 1. The second-order valence-electron chi connectivity index (χ2n) is 7.11. The van der Waals surface area contributed by atoms with Crippen LogP contribution < -0.4 is 4.90 Å². The van der Waals surface area contributed by atoms with Crippen LogP contribution in [-0.2, 0) is 0 Å². The lowest BCUT2D eigenvalue weighted by atomic mass is 10.1. The third kappa shape index (κ3) is 3.03. The molecule has 1 saturated heterocycles. The highest BCUT2D eigenvalue weighted by Gasteiger charge is 2.37. The SMILES string of the molecule is CC[Si](CC)(CC)/N=C1\CC2CN(c3ccccc3)CC2=C1C. The highest BCUT2D eigenvalue weighted by atomic mass is 28.3. The first-order valence-electron chi connectivity index (χ1n) is 9.21. The fourth-order valence-corrected chi connectivity index (χ4v) is 7.00. The van der Waals surface area contributed by atoms with Gasteiger partial charge in [-0.05, 0) is 54.8 Å². The zero-order valence-corrected chi connectivity index (χ0v) is 16.1. The van der Waals surface area contributed by atoms with E-state index in [4.69, 9.17) is 4.66 Å². The highest BCUT2D eigenvalue weighted by molar-refractivity contribution is 6.79. The quantitative estimate of drug-likeness (QED) is 0.671. The molecule has 23 heavy (non-hydrogen) atoms. The maximum Gasteiger partial charge on any atom is 0.180 e. The van der Waals surface area contributed by atoms with Gasteiger partial charge in [0.25, 0.3) is 0 Å². The Kier molecular flexibility index (Phi) is 4.76. The van der Waals surface area contributed by atoms with Crippen molar-refractivity contribution in [2.24, 2.45) is 10.6 Å². The van der Waals surface area contributed by atoms with E-state index in [1.165, 1.54) is 41.5 Å². The first kappa shape index (κ1) is 16.5. The molecule has 1 heterocycles. The van der Waals surface area contributed by atoms with Crippen molar-refractivity contribution in [3.05, 3.63) is 41.5 Å². The molecule has 3 heteroatoms. The Hall–Kier alpha value is -1.35. The summed E-state index contributed by atoms with van der Waals surface area (Å²) in [5.41, 5.74) is 5.98. The molecule has 0 bridgehead atoms. The van der Waals surface area contributed by atoms with Crippen LogP contribution in [0.3, 0.4) is 0 Å². The molecule has 0 aromatic heterocycles. The summed E-state index contributed by atoms with van der Waals surface area (Å²) in [6.07, 6.45) is 1.18. The smallest absolute Gasteiger partial charge is 0.180 e. The van der Waals surface area contributed by atoms with Gasteiger partial charge in [-0.1, -0.05) is 39.0 Å². The van der Waals surface area contributed by atoms with Crippen LogP contribution >= 0.6 is 0 Å². The molecule has 1 fully saturated rings. The number of allylic oxidation sites excluding steroid dienone is 1. The number of anilines is 1. The molecule has 1 atom stereocenters. The van der Waals surface area contributed by atoms with Gasteiger partial charge in [-0.15, -0.1) is 0 Å². The Morgan fingerprint density at radius 1 is 1.09 bits per heavy atom. The summed E-state index contributed by atoms with van der Waals surface area (Å²) in [6.45, 7) is 11.6. The van der Waals surface area contributed by atoms with Crippen LogP contribution in [0.4, 0.5) is 5.69 Å². The van der Waals surface area contributed by atoms with Crippen molar-refractivity contribution in [3.63, 3.8) is 0 Å². The molecule has 1 aliphatic carbocycles. The Balaban J connectivity index is 1.83. The normalized spacial score (nSPS) is 23.0. The molecule has 0 spiro atoms. The van der Waals surface area contributed by atoms with E-state index < -0.39 is 8.24 Å². The van der Waals surface area contributed by atoms with Crippen LogP contribution in [0, 0.1) is 5.92 Å². The number of hydrogen-bond donors (Lipinski definition) is 0. The van der Waals surface area contributed by atoms with Crippen molar-refractivity contribution in [1.29, 1.82) is 0 Å². The van der Waals surface area contributed by atoms with Crippen molar-refractivity contribution >= 4 is 19.6 Å². The molecule has 0 saturated carbocycles. The van der Waals surface area contributed by atoms with Gasteiger partial charge in [0, 0.05) is 30.4 Å². The van der Waals surface area contributed by atoms with Crippen LogP contribution in [0.5, 0.6) is 0 Å². The van der Waals surface area contributed by atoms with E-state index in [2.05, 4.69) is 62.9 Å². The lowest BCUT2D eigenvalue weighted by Gasteiger charge is -2.24. The van der Waals surface area contributed by atoms with Gasteiger partial charge in [-0.25, -0.2) is 0 Å². The van der Waals surface area contributed by atoms with Crippen LogP contribution in [-0.4, -0.2) is 27.0 Å². The standard InChI is InChI=1S/C20H30N2Si/c1-5-23(6-2,7-3)21-20-13-17-14-22(15-19(17)16(20)4)18-11-9-8-10-12-18/h8-12,17H,5-7,13-15H2,1-4H3/b21-20+. The van der Waals surface area contributed by atoms with E-state index >= 15 is 0 Å². The van der Waals surface area contributed by atoms with Crippen molar-refractivity contribution in [2.75, 3.05) is 18.0 Å². The second kappa shape index (κ2) is 6.64. The monoisotopic (exact) mass is 326 g/mol. The minimum absolute atomic E-state index is 0.700. The zero-order chi connectivity index (χ0) is 16.4. The molecule has 0 amide bonds. The molecular weight excluding hydrogens is 296 g/mol. The van der Waals surface area contributed by atoms with Crippen molar-refractivity contribution in [2.45, 2.75) is 52.2 Å². The van der Waals surface area contributed by atoms with E-state index in [1.807, 2.05) is 0 Å². The molecule has 0 radical (unpaired) electrons. The van der Waals surface area contributed by atoms with Gasteiger partial charge in [0.1, 0.15) is 0 Å². The topological polar surface area (TPSA) is 15.6 Å². The summed E-state index contributed by atoms with van der Waals surface area (Å²) in [4.78, 5) is 2.53. The lowest BCUT2D eigenvalue weighted by Crippen LogP contribution is -2.31. The Bertz CT molecular complexity index is 606.